The molecule has 0 spiro atoms. The lowest BCUT2D eigenvalue weighted by atomic mass is 9.90. The molecule has 3 aromatic carbocycles. The first kappa shape index (κ1) is 22.3. The molecule has 3 aromatic rings. The minimum absolute atomic E-state index is 0.115. The molecule has 0 aromatic heterocycles. The number of aliphatic hydroxyl groups is 1. The van der Waals surface area contributed by atoms with Crippen LogP contribution >= 0.6 is 11.6 Å². The quantitative estimate of drug-likeness (QED) is 0.325. The number of hydrogen-bond acceptors (Lipinski definition) is 2. The molecule has 30 heavy (non-hydrogen) atoms. The van der Waals surface area contributed by atoms with Crippen molar-refractivity contribution in [2.45, 2.75) is 18.6 Å². The summed E-state index contributed by atoms with van der Waals surface area (Å²) in [4.78, 5) is 1.50. The Hall–Kier alpha value is -2.34. The van der Waals surface area contributed by atoms with Crippen molar-refractivity contribution in [3.63, 3.8) is 0 Å². The van der Waals surface area contributed by atoms with Crippen LogP contribution in [0.1, 0.15) is 35.3 Å². The van der Waals surface area contributed by atoms with Crippen LogP contribution in [-0.4, -0.2) is 29.7 Å². The summed E-state index contributed by atoms with van der Waals surface area (Å²) in [6, 6.07) is 21.4. The second-order valence-corrected chi connectivity index (χ2v) is 7.42. The number of nitrogens with zero attached hydrogens (tertiary/aromatic N) is 1. The van der Waals surface area contributed by atoms with Gasteiger partial charge in [0.25, 0.3) is 0 Å². The van der Waals surface area contributed by atoms with Crippen molar-refractivity contribution in [3.05, 3.63) is 106 Å². The fourth-order valence-corrected chi connectivity index (χ4v) is 3.74. The molecule has 0 fully saturated rings. The number of rotatable bonds is 9. The molecule has 0 aliphatic heterocycles. The van der Waals surface area contributed by atoms with E-state index >= 15 is 4.39 Å². The molecular formula is C24H23ClF3NO. The molecule has 0 saturated heterocycles. The van der Waals surface area contributed by atoms with Gasteiger partial charge in [-0.05, 0) is 23.6 Å². The van der Waals surface area contributed by atoms with Gasteiger partial charge < -0.3 is 5.11 Å². The van der Waals surface area contributed by atoms with Gasteiger partial charge in [-0.1, -0.05) is 78.3 Å². The predicted octanol–water partition coefficient (Wildman–Crippen LogP) is 6.10. The topological polar surface area (TPSA) is 23.5 Å². The number of aliphatic hydroxyl groups excluding tert-OH is 1. The maximum atomic E-state index is 15.6. The minimum atomic E-state index is -1.76. The highest BCUT2D eigenvalue weighted by Crippen LogP contribution is 2.35. The van der Waals surface area contributed by atoms with Gasteiger partial charge in [-0.25, -0.2) is 13.2 Å². The van der Waals surface area contributed by atoms with Gasteiger partial charge in [0.2, 0.25) is 0 Å². The van der Waals surface area contributed by atoms with Crippen molar-refractivity contribution in [2.75, 3.05) is 19.7 Å². The summed E-state index contributed by atoms with van der Waals surface area (Å²) in [6.45, 7) is 0.379. The Morgan fingerprint density at radius 1 is 0.867 bits per heavy atom. The Bertz CT molecular complexity index is 900. The molecule has 0 radical (unpaired) electrons. The summed E-state index contributed by atoms with van der Waals surface area (Å²) >= 11 is 5.91. The lowest BCUT2D eigenvalue weighted by molar-refractivity contribution is 0.0714. The molecule has 158 valence electrons. The number of alkyl halides is 1. The summed E-state index contributed by atoms with van der Waals surface area (Å²) < 4.78 is 42.9. The zero-order valence-corrected chi connectivity index (χ0v) is 17.1. The fourth-order valence-electron chi connectivity index (χ4n) is 3.50. The summed E-state index contributed by atoms with van der Waals surface area (Å²) in [5, 5.41) is 8.72. The Morgan fingerprint density at radius 3 is 1.97 bits per heavy atom. The van der Waals surface area contributed by atoms with E-state index in [1.165, 1.54) is 4.90 Å². The number of halogens is 4. The fraction of sp³-hybridized carbons (Fsp3) is 0.250. The second kappa shape index (κ2) is 10.6. The molecule has 1 atom stereocenters. The van der Waals surface area contributed by atoms with E-state index in [0.717, 1.165) is 23.3 Å². The van der Waals surface area contributed by atoms with Gasteiger partial charge in [0.05, 0.1) is 5.02 Å². The molecule has 1 unspecified atom stereocenters. The smallest absolute Gasteiger partial charge is 0.181 e. The standard InChI is InChI=1S/C24H23ClF3NO/c25-22-19(12-13-21(26)23(22)27)24(28)29(14-7-15-30)16-20(17-8-3-1-4-9-17)18-10-5-2-6-11-18/h1-6,8-13,20,24,30H,7,14-16H2. The molecule has 2 nitrogen and oxygen atoms in total. The van der Waals surface area contributed by atoms with E-state index < -0.39 is 23.0 Å². The van der Waals surface area contributed by atoms with Crippen molar-refractivity contribution >= 4 is 11.6 Å². The SMILES string of the molecule is OCCCN(CC(c1ccccc1)c1ccccc1)C(F)c1ccc(F)c(F)c1Cl. The first-order chi connectivity index (χ1) is 14.5. The molecule has 6 heteroatoms. The van der Waals surface area contributed by atoms with Gasteiger partial charge in [-0.2, -0.15) is 0 Å². The van der Waals surface area contributed by atoms with Crippen LogP contribution in [0.3, 0.4) is 0 Å². The van der Waals surface area contributed by atoms with Crippen molar-refractivity contribution in [3.8, 4) is 0 Å². The largest absolute Gasteiger partial charge is 0.396 e. The van der Waals surface area contributed by atoms with Crippen molar-refractivity contribution in [2.24, 2.45) is 0 Å². The summed E-state index contributed by atoms with van der Waals surface area (Å²) in [6.07, 6.45) is -1.42. The van der Waals surface area contributed by atoms with Crippen LogP contribution in [0.15, 0.2) is 72.8 Å². The maximum Gasteiger partial charge on any atom is 0.181 e. The molecule has 0 aliphatic rings. The van der Waals surface area contributed by atoms with Crippen LogP contribution < -0.4 is 0 Å². The van der Waals surface area contributed by atoms with E-state index in [4.69, 9.17) is 11.6 Å². The number of benzene rings is 3. The van der Waals surface area contributed by atoms with Crippen LogP contribution in [0, 0.1) is 11.6 Å². The van der Waals surface area contributed by atoms with Crippen LogP contribution in [0.2, 0.25) is 5.02 Å². The molecule has 3 rings (SSSR count). The van der Waals surface area contributed by atoms with E-state index in [2.05, 4.69) is 0 Å². The maximum absolute atomic E-state index is 15.6. The molecule has 0 heterocycles. The highest BCUT2D eigenvalue weighted by molar-refractivity contribution is 6.31. The van der Waals surface area contributed by atoms with Gasteiger partial charge in [0, 0.05) is 31.2 Å². The third-order valence-corrected chi connectivity index (χ3v) is 5.45. The third kappa shape index (κ3) is 5.22. The Labute approximate surface area is 179 Å². The van der Waals surface area contributed by atoms with E-state index in [1.807, 2.05) is 60.7 Å². The zero-order chi connectivity index (χ0) is 21.5. The molecular weight excluding hydrogens is 411 g/mol. The summed E-state index contributed by atoms with van der Waals surface area (Å²) in [5.74, 6) is -2.54. The zero-order valence-electron chi connectivity index (χ0n) is 16.3. The molecule has 0 saturated carbocycles. The van der Waals surface area contributed by atoms with Crippen LogP contribution in [-0.2, 0) is 0 Å². The molecule has 1 N–H and O–H groups in total. The van der Waals surface area contributed by atoms with Crippen molar-refractivity contribution < 1.29 is 18.3 Å². The van der Waals surface area contributed by atoms with Gasteiger partial charge >= 0.3 is 0 Å². The van der Waals surface area contributed by atoms with Crippen LogP contribution in [0.25, 0.3) is 0 Å². The average molecular weight is 434 g/mol. The highest BCUT2D eigenvalue weighted by Gasteiger charge is 2.28. The lowest BCUT2D eigenvalue weighted by Crippen LogP contribution is -2.33. The van der Waals surface area contributed by atoms with Crippen molar-refractivity contribution in [1.82, 2.24) is 4.90 Å². The Kier molecular flexibility index (Phi) is 7.91. The first-order valence-electron chi connectivity index (χ1n) is 9.75. The van der Waals surface area contributed by atoms with Gasteiger partial charge in [-0.15, -0.1) is 0 Å². The minimum Gasteiger partial charge on any atom is -0.396 e. The van der Waals surface area contributed by atoms with Gasteiger partial charge in [0.15, 0.2) is 17.9 Å². The van der Waals surface area contributed by atoms with E-state index in [1.54, 1.807) is 0 Å². The summed E-state index contributed by atoms with van der Waals surface area (Å²) in [7, 11) is 0. The van der Waals surface area contributed by atoms with E-state index in [9.17, 15) is 13.9 Å². The monoisotopic (exact) mass is 433 g/mol. The average Bonchev–Trinajstić information content (AvgIpc) is 2.78. The molecule has 0 bridgehead atoms. The third-order valence-electron chi connectivity index (χ3n) is 5.07. The molecule has 0 amide bonds. The first-order valence-corrected chi connectivity index (χ1v) is 10.1. The highest BCUT2D eigenvalue weighted by atomic mass is 35.5. The van der Waals surface area contributed by atoms with E-state index in [0.29, 0.717) is 6.42 Å². The van der Waals surface area contributed by atoms with E-state index in [-0.39, 0.29) is 31.2 Å². The second-order valence-electron chi connectivity index (χ2n) is 7.05. The lowest BCUT2D eigenvalue weighted by Gasteiger charge is -2.31. The Morgan fingerprint density at radius 2 is 1.43 bits per heavy atom. The Balaban J connectivity index is 1.96. The van der Waals surface area contributed by atoms with Gasteiger partial charge in [-0.3, -0.25) is 4.90 Å². The van der Waals surface area contributed by atoms with Crippen LogP contribution in [0.5, 0.6) is 0 Å². The van der Waals surface area contributed by atoms with Crippen molar-refractivity contribution in [1.29, 1.82) is 0 Å². The molecule has 0 aliphatic carbocycles. The predicted molar refractivity (Wildman–Crippen MR) is 113 cm³/mol. The normalized spacial score (nSPS) is 12.5. The summed E-state index contributed by atoms with van der Waals surface area (Å²) in [5.41, 5.74) is 1.87. The van der Waals surface area contributed by atoms with Gasteiger partial charge in [0.1, 0.15) is 0 Å². The van der Waals surface area contributed by atoms with Crippen LogP contribution in [0.4, 0.5) is 13.2 Å². The number of hydrogen-bond donors (Lipinski definition) is 1.